The van der Waals surface area contributed by atoms with Crippen LogP contribution in [0.4, 0.5) is 10.1 Å². The van der Waals surface area contributed by atoms with Crippen LogP contribution in [0.15, 0.2) is 53.4 Å². The number of nitrogens with two attached hydrogens (primary N) is 1. The van der Waals surface area contributed by atoms with Crippen LogP contribution in [-0.2, 0) is 17.9 Å². The van der Waals surface area contributed by atoms with Crippen LogP contribution in [0.3, 0.4) is 0 Å². The van der Waals surface area contributed by atoms with Gasteiger partial charge in [0.15, 0.2) is 0 Å². The lowest BCUT2D eigenvalue weighted by atomic mass is 10.1. The summed E-state index contributed by atoms with van der Waals surface area (Å²) in [7, 11) is 0. The van der Waals surface area contributed by atoms with Gasteiger partial charge in [-0.05, 0) is 36.3 Å². The summed E-state index contributed by atoms with van der Waals surface area (Å²) in [5.41, 5.74) is 6.96. The summed E-state index contributed by atoms with van der Waals surface area (Å²) in [6.07, 6.45) is 1.04. The van der Waals surface area contributed by atoms with Crippen molar-refractivity contribution in [3.8, 4) is 5.75 Å². The number of aromatic nitrogens is 3. The number of aryl methyl sites for hydroxylation is 1. The van der Waals surface area contributed by atoms with Crippen LogP contribution in [0.5, 0.6) is 5.75 Å². The molecule has 10 heteroatoms. The van der Waals surface area contributed by atoms with Crippen molar-refractivity contribution in [1.29, 1.82) is 0 Å². The number of rotatable bonds is 6. The minimum Gasteiger partial charge on any atom is -0.473 e. The summed E-state index contributed by atoms with van der Waals surface area (Å²) in [6.45, 7) is 2.20. The Hall–Kier alpha value is -3.24. The first kappa shape index (κ1) is 20.0. The molecule has 0 radical (unpaired) electrons. The van der Waals surface area contributed by atoms with Crippen molar-refractivity contribution in [3.05, 3.63) is 74.4 Å². The fourth-order valence-corrected chi connectivity index (χ4v) is 4.21. The van der Waals surface area contributed by atoms with Gasteiger partial charge in [0.1, 0.15) is 12.1 Å². The highest BCUT2D eigenvalue weighted by atomic mass is 32.1. The van der Waals surface area contributed by atoms with E-state index >= 15 is 0 Å². The van der Waals surface area contributed by atoms with Crippen LogP contribution >= 0.6 is 11.3 Å². The van der Waals surface area contributed by atoms with E-state index in [9.17, 15) is 14.0 Å². The Kier molecular flexibility index (Phi) is 5.51. The van der Waals surface area contributed by atoms with Gasteiger partial charge in [-0.2, -0.15) is 5.10 Å². The molecule has 0 saturated heterocycles. The van der Waals surface area contributed by atoms with Crippen molar-refractivity contribution < 1.29 is 13.9 Å². The zero-order valence-corrected chi connectivity index (χ0v) is 17.0. The third-order valence-electron chi connectivity index (χ3n) is 4.80. The maximum absolute atomic E-state index is 12.7. The van der Waals surface area contributed by atoms with Crippen LogP contribution in [0.1, 0.15) is 21.4 Å². The molecule has 3 heterocycles. The molecule has 1 aromatic carbocycles. The minimum atomic E-state index is -0.751. The molecule has 0 aliphatic carbocycles. The number of benzene rings is 1. The number of hydrogen-bond acceptors (Lipinski definition) is 6. The summed E-state index contributed by atoms with van der Waals surface area (Å²) >= 11 is 1.38. The Morgan fingerprint density at radius 1 is 1.37 bits per heavy atom. The number of halogens is 1. The van der Waals surface area contributed by atoms with Crippen molar-refractivity contribution >= 4 is 22.9 Å². The number of anilines is 1. The van der Waals surface area contributed by atoms with Gasteiger partial charge in [-0.3, -0.25) is 9.36 Å². The average Bonchev–Trinajstić information content (AvgIpc) is 3.34. The summed E-state index contributed by atoms with van der Waals surface area (Å²) in [6, 6.07) is 9.27. The topological polar surface area (TPSA) is 104 Å². The number of nitrogens with zero attached hydrogens (tertiary/aromatic N) is 3. The first-order valence-electron chi connectivity index (χ1n) is 9.26. The number of ether oxygens (including phenoxy) is 1. The highest BCUT2D eigenvalue weighted by Gasteiger charge is 2.31. The molecule has 30 heavy (non-hydrogen) atoms. The predicted octanol–water partition coefficient (Wildman–Crippen LogP) is 2.35. The third-order valence-corrected chi connectivity index (χ3v) is 5.91. The molecule has 1 amide bonds. The molecule has 0 fully saturated rings. The smallest absolute Gasteiger partial charge is 0.346 e. The molecular formula is C20H20FN5O3S. The lowest BCUT2D eigenvalue weighted by Gasteiger charge is -2.26. The summed E-state index contributed by atoms with van der Waals surface area (Å²) in [4.78, 5) is 26.6. The summed E-state index contributed by atoms with van der Waals surface area (Å²) in [5.74, 6) is 0.395. The molecule has 1 atom stereocenters. The molecule has 1 unspecified atom stereocenters. The van der Waals surface area contributed by atoms with E-state index in [0.717, 1.165) is 20.0 Å². The zero-order chi connectivity index (χ0) is 21.3. The zero-order valence-electron chi connectivity index (χ0n) is 16.2. The second kappa shape index (κ2) is 8.25. The van der Waals surface area contributed by atoms with E-state index in [-0.39, 0.29) is 36.8 Å². The van der Waals surface area contributed by atoms with Crippen LogP contribution < -0.4 is 21.5 Å². The number of amides is 1. The normalized spacial score (nSPS) is 16.2. The minimum absolute atomic E-state index is 0.00341. The van der Waals surface area contributed by atoms with E-state index in [1.54, 1.807) is 0 Å². The van der Waals surface area contributed by atoms with Gasteiger partial charge in [0.25, 0.3) is 5.91 Å². The van der Waals surface area contributed by atoms with Crippen molar-refractivity contribution in [2.24, 2.45) is 5.73 Å². The maximum atomic E-state index is 12.7. The van der Waals surface area contributed by atoms with Gasteiger partial charge in [-0.25, -0.2) is 13.9 Å². The number of hydrogen-bond donors (Lipinski definition) is 2. The first-order chi connectivity index (χ1) is 14.5. The van der Waals surface area contributed by atoms with Crippen LogP contribution in [0.25, 0.3) is 0 Å². The van der Waals surface area contributed by atoms with Gasteiger partial charge in [0.2, 0.25) is 6.10 Å². The lowest BCUT2D eigenvalue weighted by molar-refractivity contribution is -0.123. The number of carbonyl (C=O) groups is 1. The third kappa shape index (κ3) is 3.79. The van der Waals surface area contributed by atoms with E-state index < -0.39 is 6.10 Å². The molecule has 8 nitrogen and oxygen atoms in total. The van der Waals surface area contributed by atoms with Crippen molar-refractivity contribution in [1.82, 2.24) is 14.3 Å². The van der Waals surface area contributed by atoms with E-state index in [4.69, 9.17) is 10.5 Å². The quantitative estimate of drug-likeness (QED) is 0.626. The largest absolute Gasteiger partial charge is 0.473 e. The van der Waals surface area contributed by atoms with E-state index in [1.807, 2.05) is 37.3 Å². The molecule has 0 spiro atoms. The first-order valence-corrected chi connectivity index (χ1v) is 10.1. The monoisotopic (exact) mass is 429 g/mol. The molecule has 3 N–H and O–H groups in total. The summed E-state index contributed by atoms with van der Waals surface area (Å²) < 4.78 is 21.2. The average molecular weight is 429 g/mol. The van der Waals surface area contributed by atoms with Gasteiger partial charge >= 0.3 is 5.69 Å². The van der Waals surface area contributed by atoms with E-state index in [0.29, 0.717) is 17.8 Å². The van der Waals surface area contributed by atoms with E-state index in [1.165, 1.54) is 22.2 Å². The highest BCUT2D eigenvalue weighted by molar-refractivity contribution is 7.12. The number of fused-ring (bicyclic) bond motifs is 1. The van der Waals surface area contributed by atoms with Gasteiger partial charge in [-0.1, -0.05) is 12.1 Å². The second-order valence-corrected chi connectivity index (χ2v) is 8.11. The second-order valence-electron chi connectivity index (χ2n) is 6.91. The Morgan fingerprint density at radius 2 is 2.20 bits per heavy atom. The lowest BCUT2D eigenvalue weighted by Crippen LogP contribution is -2.30. The SMILES string of the molecule is Cc1cccc2c1NC(=O)C(c1ccc(Cn3cnn(C/C(=C/F)CN)c3=O)s1)O2. The molecule has 0 saturated carbocycles. The molecule has 156 valence electrons. The molecule has 1 aliphatic heterocycles. The van der Waals surface area contributed by atoms with Crippen LogP contribution in [-0.4, -0.2) is 26.8 Å². The summed E-state index contributed by atoms with van der Waals surface area (Å²) in [5, 5.41) is 6.91. The molecular weight excluding hydrogens is 409 g/mol. The number of nitrogens with one attached hydrogen (secondary N) is 1. The number of carbonyl (C=O) groups excluding carboxylic acids is 1. The van der Waals surface area contributed by atoms with E-state index in [2.05, 4.69) is 10.4 Å². The Balaban J connectivity index is 1.51. The fourth-order valence-electron chi connectivity index (χ4n) is 3.17. The fraction of sp³-hybridized carbons (Fsp3) is 0.250. The van der Waals surface area contributed by atoms with Crippen molar-refractivity contribution in [2.75, 3.05) is 11.9 Å². The maximum Gasteiger partial charge on any atom is 0.346 e. The van der Waals surface area contributed by atoms with Gasteiger partial charge < -0.3 is 15.8 Å². The number of thiophene rings is 1. The van der Waals surface area contributed by atoms with Gasteiger partial charge in [0.05, 0.1) is 30.0 Å². The molecule has 1 aliphatic rings. The highest BCUT2D eigenvalue weighted by Crippen LogP contribution is 2.38. The number of para-hydroxylation sites is 1. The van der Waals surface area contributed by atoms with Crippen molar-refractivity contribution in [2.45, 2.75) is 26.1 Å². The molecule has 0 bridgehead atoms. The Bertz CT molecular complexity index is 1180. The van der Waals surface area contributed by atoms with Crippen molar-refractivity contribution in [3.63, 3.8) is 0 Å². The molecule has 4 rings (SSSR count). The van der Waals surface area contributed by atoms with Crippen LogP contribution in [0.2, 0.25) is 0 Å². The molecule has 2 aromatic heterocycles. The predicted molar refractivity (Wildman–Crippen MR) is 111 cm³/mol. The van der Waals surface area contributed by atoms with Gasteiger partial charge in [0, 0.05) is 11.4 Å². The standard InChI is InChI=1S/C20H20FN5O3S/c1-12-3-2-4-15-17(12)24-19(27)18(29-15)16-6-5-14(30-16)10-25-11-23-26(20(25)28)9-13(7-21)8-22/h2-7,11,18H,8-10,22H2,1H3,(H,24,27)/b13-7+. The Labute approximate surface area is 175 Å². The molecule has 3 aromatic rings. The van der Waals surface area contributed by atoms with Crippen LogP contribution in [0, 0.1) is 6.92 Å². The van der Waals surface area contributed by atoms with Gasteiger partial charge in [-0.15, -0.1) is 11.3 Å². The Morgan fingerprint density at radius 3 is 2.97 bits per heavy atom.